The minimum Gasteiger partial charge on any atom is -0.338 e. The maximum Gasteiger partial charge on any atom is 0.261 e. The molecular formula is C17H22N2O3. The standard InChI is InChI=1S/C17H22N2O3/c1-17(2)9-13-11(14(20)10-17)8-12(15(21)18-13)16(22)19-6-4-3-5-7-19/h8H,3-7,9-10H2,1-2H3,(H,18,21). The molecule has 0 atom stereocenters. The molecule has 1 aliphatic carbocycles. The van der Waals surface area contributed by atoms with Crippen LogP contribution in [0, 0.1) is 5.41 Å². The Kier molecular flexibility index (Phi) is 3.67. The third-order valence-electron chi connectivity index (χ3n) is 4.59. The number of carbonyl (C=O) groups excluding carboxylic acids is 2. The normalized spacial score (nSPS) is 20.6. The van der Waals surface area contributed by atoms with Crippen molar-refractivity contribution in [3.8, 4) is 0 Å². The van der Waals surface area contributed by atoms with Gasteiger partial charge in [-0.2, -0.15) is 0 Å². The van der Waals surface area contributed by atoms with E-state index in [1.54, 1.807) is 4.90 Å². The third-order valence-corrected chi connectivity index (χ3v) is 4.59. The fourth-order valence-electron chi connectivity index (χ4n) is 3.45. The summed E-state index contributed by atoms with van der Waals surface area (Å²) in [6, 6.07) is 1.52. The molecule has 1 saturated heterocycles. The summed E-state index contributed by atoms with van der Waals surface area (Å²) >= 11 is 0. The van der Waals surface area contributed by atoms with Gasteiger partial charge in [0, 0.05) is 30.8 Å². The van der Waals surface area contributed by atoms with Gasteiger partial charge in [0.2, 0.25) is 0 Å². The summed E-state index contributed by atoms with van der Waals surface area (Å²) in [6.45, 7) is 5.41. The van der Waals surface area contributed by atoms with Crippen molar-refractivity contribution in [1.29, 1.82) is 0 Å². The summed E-state index contributed by atoms with van der Waals surface area (Å²) in [4.78, 5) is 41.6. The van der Waals surface area contributed by atoms with Crippen molar-refractivity contribution in [3.05, 3.63) is 33.2 Å². The number of fused-ring (bicyclic) bond motifs is 1. The van der Waals surface area contributed by atoms with Gasteiger partial charge in [-0.05, 0) is 37.2 Å². The number of nitrogens with zero attached hydrogens (tertiary/aromatic N) is 1. The van der Waals surface area contributed by atoms with Crippen LogP contribution in [0.4, 0.5) is 0 Å². The topological polar surface area (TPSA) is 70.2 Å². The molecule has 2 aliphatic rings. The van der Waals surface area contributed by atoms with Gasteiger partial charge < -0.3 is 9.88 Å². The van der Waals surface area contributed by atoms with E-state index >= 15 is 0 Å². The lowest BCUT2D eigenvalue weighted by molar-refractivity contribution is 0.0722. The van der Waals surface area contributed by atoms with E-state index in [0.29, 0.717) is 37.2 Å². The number of Topliss-reactive ketones (excluding diaryl/α,β-unsaturated/α-hetero) is 1. The number of aromatic nitrogens is 1. The molecule has 5 nitrogen and oxygen atoms in total. The predicted molar refractivity (Wildman–Crippen MR) is 83.2 cm³/mol. The molecule has 1 aromatic heterocycles. The molecule has 2 heterocycles. The Balaban J connectivity index is 1.97. The second-order valence-corrected chi connectivity index (χ2v) is 7.20. The minimum absolute atomic E-state index is 0.00944. The van der Waals surface area contributed by atoms with Crippen molar-refractivity contribution < 1.29 is 9.59 Å². The second kappa shape index (κ2) is 5.38. The molecule has 1 N–H and O–H groups in total. The highest BCUT2D eigenvalue weighted by molar-refractivity contribution is 6.02. The zero-order valence-electron chi connectivity index (χ0n) is 13.2. The van der Waals surface area contributed by atoms with E-state index in [2.05, 4.69) is 4.98 Å². The van der Waals surface area contributed by atoms with Crippen molar-refractivity contribution in [3.63, 3.8) is 0 Å². The molecule has 0 bridgehead atoms. The summed E-state index contributed by atoms with van der Waals surface area (Å²) in [5.41, 5.74) is 0.764. The van der Waals surface area contributed by atoms with E-state index in [-0.39, 0.29) is 28.2 Å². The molecule has 0 spiro atoms. The highest BCUT2D eigenvalue weighted by atomic mass is 16.2. The number of aromatic amines is 1. The minimum atomic E-state index is -0.375. The highest BCUT2D eigenvalue weighted by Gasteiger charge is 2.33. The number of carbonyl (C=O) groups is 2. The summed E-state index contributed by atoms with van der Waals surface area (Å²) < 4.78 is 0. The number of amides is 1. The average Bonchev–Trinajstić information content (AvgIpc) is 2.45. The van der Waals surface area contributed by atoms with Gasteiger partial charge in [0.05, 0.1) is 0 Å². The summed E-state index contributed by atoms with van der Waals surface area (Å²) in [5.74, 6) is -0.239. The van der Waals surface area contributed by atoms with E-state index < -0.39 is 0 Å². The molecule has 1 amide bonds. The molecule has 0 unspecified atom stereocenters. The molecule has 1 aromatic rings. The Morgan fingerprint density at radius 1 is 1.14 bits per heavy atom. The first-order chi connectivity index (χ1) is 10.4. The quantitative estimate of drug-likeness (QED) is 0.864. The van der Waals surface area contributed by atoms with Crippen LogP contribution >= 0.6 is 0 Å². The van der Waals surface area contributed by atoms with Crippen molar-refractivity contribution in [2.24, 2.45) is 5.41 Å². The number of rotatable bonds is 1. The summed E-state index contributed by atoms with van der Waals surface area (Å²) in [7, 11) is 0. The molecular weight excluding hydrogens is 280 g/mol. The van der Waals surface area contributed by atoms with Crippen LogP contribution in [0.25, 0.3) is 0 Å². The van der Waals surface area contributed by atoms with Crippen molar-refractivity contribution >= 4 is 11.7 Å². The van der Waals surface area contributed by atoms with Crippen molar-refractivity contribution in [2.45, 2.75) is 46.0 Å². The fourth-order valence-corrected chi connectivity index (χ4v) is 3.45. The highest BCUT2D eigenvalue weighted by Crippen LogP contribution is 2.33. The Hall–Kier alpha value is -1.91. The number of ketones is 1. The van der Waals surface area contributed by atoms with Crippen LogP contribution in [0.15, 0.2) is 10.9 Å². The fraction of sp³-hybridized carbons (Fsp3) is 0.588. The van der Waals surface area contributed by atoms with Crippen LogP contribution in [0.5, 0.6) is 0 Å². The van der Waals surface area contributed by atoms with Crippen LogP contribution in [0.1, 0.15) is 65.9 Å². The Bertz CT molecular complexity index is 682. The molecule has 118 valence electrons. The van der Waals surface area contributed by atoms with Gasteiger partial charge in [0.25, 0.3) is 11.5 Å². The molecule has 3 rings (SSSR count). The van der Waals surface area contributed by atoms with Gasteiger partial charge in [-0.3, -0.25) is 14.4 Å². The second-order valence-electron chi connectivity index (χ2n) is 7.20. The van der Waals surface area contributed by atoms with Crippen LogP contribution < -0.4 is 5.56 Å². The Morgan fingerprint density at radius 3 is 2.50 bits per heavy atom. The third kappa shape index (κ3) is 2.72. The lowest BCUT2D eigenvalue weighted by Gasteiger charge is -2.30. The van der Waals surface area contributed by atoms with E-state index in [1.165, 1.54) is 6.07 Å². The first kappa shape index (κ1) is 15.0. The van der Waals surface area contributed by atoms with E-state index in [1.807, 2.05) is 13.8 Å². The maximum absolute atomic E-state index is 12.5. The van der Waals surface area contributed by atoms with E-state index in [4.69, 9.17) is 0 Å². The molecule has 5 heteroatoms. The van der Waals surface area contributed by atoms with Crippen LogP contribution in [-0.4, -0.2) is 34.7 Å². The van der Waals surface area contributed by atoms with Crippen molar-refractivity contribution in [2.75, 3.05) is 13.1 Å². The SMILES string of the molecule is CC1(C)CC(=O)c2cc(C(=O)N3CCCCC3)c(=O)[nH]c2C1. The number of hydrogen-bond acceptors (Lipinski definition) is 3. The zero-order valence-corrected chi connectivity index (χ0v) is 13.2. The van der Waals surface area contributed by atoms with Gasteiger partial charge in [-0.25, -0.2) is 0 Å². The lowest BCUT2D eigenvalue weighted by Crippen LogP contribution is -2.39. The number of piperidine rings is 1. The molecule has 0 radical (unpaired) electrons. The van der Waals surface area contributed by atoms with Gasteiger partial charge in [-0.1, -0.05) is 13.8 Å². The van der Waals surface area contributed by atoms with Gasteiger partial charge in [-0.15, -0.1) is 0 Å². The Labute approximate surface area is 129 Å². The smallest absolute Gasteiger partial charge is 0.261 e. The number of pyridine rings is 1. The van der Waals surface area contributed by atoms with Gasteiger partial charge in [0.15, 0.2) is 5.78 Å². The summed E-state index contributed by atoms with van der Waals surface area (Å²) in [6.07, 6.45) is 4.17. The monoisotopic (exact) mass is 302 g/mol. The van der Waals surface area contributed by atoms with E-state index in [0.717, 1.165) is 19.3 Å². The maximum atomic E-state index is 12.5. The predicted octanol–water partition coefficient (Wildman–Crippen LogP) is 2.16. The van der Waals surface area contributed by atoms with E-state index in [9.17, 15) is 14.4 Å². The van der Waals surface area contributed by atoms with Gasteiger partial charge >= 0.3 is 0 Å². The number of hydrogen-bond donors (Lipinski definition) is 1. The Morgan fingerprint density at radius 2 is 1.82 bits per heavy atom. The molecule has 0 saturated carbocycles. The molecule has 0 aromatic carbocycles. The van der Waals surface area contributed by atoms with Gasteiger partial charge in [0.1, 0.15) is 5.56 Å². The number of H-pyrrole nitrogens is 1. The molecule has 1 aliphatic heterocycles. The molecule has 22 heavy (non-hydrogen) atoms. The first-order valence-corrected chi connectivity index (χ1v) is 7.96. The number of nitrogens with one attached hydrogen (secondary N) is 1. The van der Waals surface area contributed by atoms with Crippen LogP contribution in [0.3, 0.4) is 0 Å². The number of likely N-dealkylation sites (tertiary alicyclic amines) is 1. The first-order valence-electron chi connectivity index (χ1n) is 7.96. The van der Waals surface area contributed by atoms with Crippen LogP contribution in [0.2, 0.25) is 0 Å². The van der Waals surface area contributed by atoms with Crippen molar-refractivity contribution in [1.82, 2.24) is 9.88 Å². The lowest BCUT2D eigenvalue weighted by atomic mass is 9.75. The largest absolute Gasteiger partial charge is 0.338 e. The van der Waals surface area contributed by atoms with Crippen LogP contribution in [-0.2, 0) is 6.42 Å². The zero-order chi connectivity index (χ0) is 15.9. The summed E-state index contributed by atoms with van der Waals surface area (Å²) in [5, 5.41) is 0. The average molecular weight is 302 g/mol. The molecule has 1 fully saturated rings.